The minimum atomic E-state index is 0.545. The first kappa shape index (κ1) is 14.1. The monoisotopic (exact) mass is 262 g/mol. The standard InChI is InChI=1S/C15H26N4/c1-4-6-12-13(16-3)18-11-19-14(12)17-10-15(7-5-2)8-9-15/h11H,4-10H2,1-3H3,(H2,16,17,18,19). The van der Waals surface area contributed by atoms with Gasteiger partial charge in [-0.15, -0.1) is 0 Å². The topological polar surface area (TPSA) is 49.8 Å². The molecule has 0 radical (unpaired) electrons. The van der Waals surface area contributed by atoms with Crippen molar-refractivity contribution in [3.8, 4) is 0 Å². The summed E-state index contributed by atoms with van der Waals surface area (Å²) in [5.41, 5.74) is 1.77. The summed E-state index contributed by atoms with van der Waals surface area (Å²) in [5.74, 6) is 1.98. The largest absolute Gasteiger partial charge is 0.373 e. The van der Waals surface area contributed by atoms with Gasteiger partial charge in [0, 0.05) is 19.2 Å². The zero-order valence-corrected chi connectivity index (χ0v) is 12.4. The summed E-state index contributed by atoms with van der Waals surface area (Å²) in [6.45, 7) is 5.51. The molecule has 1 aliphatic carbocycles. The molecule has 1 aromatic heterocycles. The Bertz CT molecular complexity index is 413. The first-order valence-electron chi connectivity index (χ1n) is 7.50. The molecule has 1 fully saturated rings. The molecule has 4 nitrogen and oxygen atoms in total. The highest BCUT2D eigenvalue weighted by Gasteiger charge is 2.41. The SMILES string of the molecule is CCCc1c(NC)ncnc1NCC1(CCC)CC1. The molecule has 2 N–H and O–H groups in total. The first-order chi connectivity index (χ1) is 9.24. The highest BCUT2D eigenvalue weighted by Crippen LogP contribution is 2.49. The van der Waals surface area contributed by atoms with Crippen LogP contribution in [0.15, 0.2) is 6.33 Å². The van der Waals surface area contributed by atoms with Gasteiger partial charge in [0.1, 0.15) is 18.0 Å². The molecule has 0 unspecified atom stereocenters. The van der Waals surface area contributed by atoms with Crippen LogP contribution >= 0.6 is 0 Å². The van der Waals surface area contributed by atoms with E-state index in [1.165, 1.54) is 31.2 Å². The third-order valence-electron chi connectivity index (χ3n) is 4.05. The summed E-state index contributed by atoms with van der Waals surface area (Å²) in [6.07, 6.45) is 9.09. The zero-order valence-electron chi connectivity index (χ0n) is 12.4. The lowest BCUT2D eigenvalue weighted by molar-refractivity contribution is 0.485. The lowest BCUT2D eigenvalue weighted by atomic mass is 10.0. The lowest BCUT2D eigenvalue weighted by Gasteiger charge is -2.18. The van der Waals surface area contributed by atoms with Crippen LogP contribution in [0.3, 0.4) is 0 Å². The lowest BCUT2D eigenvalue weighted by Crippen LogP contribution is -2.17. The van der Waals surface area contributed by atoms with Gasteiger partial charge in [0.15, 0.2) is 0 Å². The molecule has 0 amide bonds. The Kier molecular flexibility index (Phi) is 4.61. The Morgan fingerprint density at radius 3 is 2.47 bits per heavy atom. The van der Waals surface area contributed by atoms with Crippen LogP contribution in [0, 0.1) is 5.41 Å². The van der Waals surface area contributed by atoms with E-state index < -0.39 is 0 Å². The van der Waals surface area contributed by atoms with Crippen molar-refractivity contribution in [2.75, 3.05) is 24.2 Å². The van der Waals surface area contributed by atoms with Gasteiger partial charge in [0.2, 0.25) is 0 Å². The van der Waals surface area contributed by atoms with E-state index in [0.29, 0.717) is 5.41 Å². The second-order valence-electron chi connectivity index (χ2n) is 5.65. The van der Waals surface area contributed by atoms with E-state index in [-0.39, 0.29) is 0 Å². The van der Waals surface area contributed by atoms with Crippen molar-refractivity contribution in [2.45, 2.75) is 52.4 Å². The van der Waals surface area contributed by atoms with Crippen LogP contribution in [0.4, 0.5) is 11.6 Å². The summed E-state index contributed by atoms with van der Waals surface area (Å²) < 4.78 is 0. The van der Waals surface area contributed by atoms with E-state index in [1.54, 1.807) is 6.33 Å². The van der Waals surface area contributed by atoms with Crippen molar-refractivity contribution < 1.29 is 0 Å². The Hall–Kier alpha value is -1.32. The van der Waals surface area contributed by atoms with Crippen LogP contribution in [-0.4, -0.2) is 23.6 Å². The van der Waals surface area contributed by atoms with E-state index in [9.17, 15) is 0 Å². The number of hydrogen-bond acceptors (Lipinski definition) is 4. The molecule has 1 heterocycles. The second-order valence-corrected chi connectivity index (χ2v) is 5.65. The number of rotatable bonds is 8. The zero-order chi connectivity index (χ0) is 13.7. The number of aromatic nitrogens is 2. The molecule has 19 heavy (non-hydrogen) atoms. The fourth-order valence-corrected chi connectivity index (χ4v) is 2.76. The van der Waals surface area contributed by atoms with Gasteiger partial charge in [-0.3, -0.25) is 0 Å². The molecule has 0 atom stereocenters. The molecule has 106 valence electrons. The van der Waals surface area contributed by atoms with Crippen molar-refractivity contribution in [1.29, 1.82) is 0 Å². The predicted molar refractivity (Wildman–Crippen MR) is 80.6 cm³/mol. The van der Waals surface area contributed by atoms with Gasteiger partial charge < -0.3 is 10.6 Å². The van der Waals surface area contributed by atoms with Gasteiger partial charge in [0.25, 0.3) is 0 Å². The van der Waals surface area contributed by atoms with E-state index in [4.69, 9.17) is 0 Å². The minimum Gasteiger partial charge on any atom is -0.373 e. The smallest absolute Gasteiger partial charge is 0.134 e. The van der Waals surface area contributed by atoms with E-state index in [2.05, 4.69) is 34.4 Å². The van der Waals surface area contributed by atoms with Crippen molar-refractivity contribution in [2.24, 2.45) is 5.41 Å². The molecule has 2 rings (SSSR count). The maximum Gasteiger partial charge on any atom is 0.134 e. The van der Waals surface area contributed by atoms with Crippen molar-refractivity contribution in [3.63, 3.8) is 0 Å². The molecule has 1 saturated carbocycles. The van der Waals surface area contributed by atoms with Crippen LogP contribution in [-0.2, 0) is 6.42 Å². The quantitative estimate of drug-likeness (QED) is 0.753. The van der Waals surface area contributed by atoms with Gasteiger partial charge in [0.05, 0.1) is 0 Å². The summed E-state index contributed by atoms with van der Waals surface area (Å²) in [6, 6.07) is 0. The number of nitrogens with zero attached hydrogens (tertiary/aromatic N) is 2. The van der Waals surface area contributed by atoms with Crippen LogP contribution in [0.5, 0.6) is 0 Å². The molecule has 1 aromatic rings. The summed E-state index contributed by atoms with van der Waals surface area (Å²) >= 11 is 0. The van der Waals surface area contributed by atoms with Gasteiger partial charge >= 0.3 is 0 Å². The molecule has 0 aromatic carbocycles. The van der Waals surface area contributed by atoms with Crippen LogP contribution in [0.1, 0.15) is 51.5 Å². The van der Waals surface area contributed by atoms with Gasteiger partial charge in [-0.2, -0.15) is 0 Å². The normalized spacial score (nSPS) is 16.2. The first-order valence-corrected chi connectivity index (χ1v) is 7.50. The molecule has 0 spiro atoms. The fourth-order valence-electron chi connectivity index (χ4n) is 2.76. The molecular formula is C15H26N4. The van der Waals surface area contributed by atoms with E-state index in [1.807, 2.05) is 7.05 Å². The molecule has 0 aliphatic heterocycles. The predicted octanol–water partition coefficient (Wildman–Crippen LogP) is 3.46. The van der Waals surface area contributed by atoms with Gasteiger partial charge in [-0.1, -0.05) is 26.7 Å². The Morgan fingerprint density at radius 1 is 1.16 bits per heavy atom. The van der Waals surface area contributed by atoms with Gasteiger partial charge in [-0.25, -0.2) is 9.97 Å². The fraction of sp³-hybridized carbons (Fsp3) is 0.733. The average molecular weight is 262 g/mol. The van der Waals surface area contributed by atoms with Gasteiger partial charge in [-0.05, 0) is 31.1 Å². The van der Waals surface area contributed by atoms with Crippen molar-refractivity contribution in [1.82, 2.24) is 9.97 Å². The molecule has 0 saturated heterocycles. The minimum absolute atomic E-state index is 0.545. The van der Waals surface area contributed by atoms with Crippen LogP contribution in [0.2, 0.25) is 0 Å². The van der Waals surface area contributed by atoms with Crippen LogP contribution < -0.4 is 10.6 Å². The van der Waals surface area contributed by atoms with Crippen molar-refractivity contribution >= 4 is 11.6 Å². The maximum absolute atomic E-state index is 4.43. The Balaban J connectivity index is 2.07. The molecule has 4 heteroatoms. The van der Waals surface area contributed by atoms with Crippen molar-refractivity contribution in [3.05, 3.63) is 11.9 Å². The Morgan fingerprint density at radius 2 is 1.89 bits per heavy atom. The number of nitrogens with one attached hydrogen (secondary N) is 2. The molecular weight excluding hydrogens is 236 g/mol. The highest BCUT2D eigenvalue weighted by molar-refractivity contribution is 5.57. The summed E-state index contributed by atoms with van der Waals surface area (Å²) in [4.78, 5) is 8.75. The molecule has 0 bridgehead atoms. The number of hydrogen-bond donors (Lipinski definition) is 2. The average Bonchev–Trinajstić information content (AvgIpc) is 3.18. The third-order valence-corrected chi connectivity index (χ3v) is 4.05. The third kappa shape index (κ3) is 3.37. The molecule has 1 aliphatic rings. The maximum atomic E-state index is 4.43. The Labute approximate surface area is 116 Å². The van der Waals surface area contributed by atoms with E-state index >= 15 is 0 Å². The van der Waals surface area contributed by atoms with Crippen LogP contribution in [0.25, 0.3) is 0 Å². The number of anilines is 2. The summed E-state index contributed by atoms with van der Waals surface area (Å²) in [5, 5.41) is 6.74. The highest BCUT2D eigenvalue weighted by atomic mass is 15.1. The van der Waals surface area contributed by atoms with E-state index in [0.717, 1.165) is 31.0 Å². The second kappa shape index (κ2) is 6.22. The summed E-state index contributed by atoms with van der Waals surface area (Å²) in [7, 11) is 1.92.